The summed E-state index contributed by atoms with van der Waals surface area (Å²) in [5.74, 6) is -1.73. The van der Waals surface area contributed by atoms with Crippen LogP contribution in [0.2, 0.25) is 0 Å². The smallest absolute Gasteiger partial charge is 0.313 e. The fourth-order valence-corrected chi connectivity index (χ4v) is 2.91. The van der Waals surface area contributed by atoms with Crippen LogP contribution >= 0.6 is 0 Å². The summed E-state index contributed by atoms with van der Waals surface area (Å²) in [6, 6.07) is 16.0. The van der Waals surface area contributed by atoms with Gasteiger partial charge in [-0.05, 0) is 63.3 Å². The predicted molar refractivity (Wildman–Crippen MR) is 121 cm³/mol. The van der Waals surface area contributed by atoms with Gasteiger partial charge in [-0.3, -0.25) is 14.4 Å². The van der Waals surface area contributed by atoms with Crippen LogP contribution < -0.4 is 21.7 Å². The molecule has 2 aromatic rings. The van der Waals surface area contributed by atoms with Gasteiger partial charge in [-0.2, -0.15) is 0 Å². The summed E-state index contributed by atoms with van der Waals surface area (Å²) in [5.41, 5.74) is 7.25. The highest BCUT2D eigenvalue weighted by Gasteiger charge is 2.14. The van der Waals surface area contributed by atoms with Crippen molar-refractivity contribution in [2.75, 3.05) is 38.5 Å². The zero-order valence-electron chi connectivity index (χ0n) is 17.9. The Labute approximate surface area is 183 Å². The minimum Gasteiger partial charge on any atom is -0.348 e. The molecule has 0 atom stereocenters. The third-order valence-corrected chi connectivity index (χ3v) is 4.63. The second kappa shape index (κ2) is 13.1. The van der Waals surface area contributed by atoms with E-state index in [0.717, 1.165) is 31.5 Å². The third-order valence-electron chi connectivity index (χ3n) is 4.63. The van der Waals surface area contributed by atoms with E-state index in [1.54, 1.807) is 18.2 Å². The number of rotatable bonds is 11. The first kappa shape index (κ1) is 24.0. The van der Waals surface area contributed by atoms with Gasteiger partial charge in [0.2, 0.25) is 0 Å². The molecule has 0 heterocycles. The van der Waals surface area contributed by atoms with E-state index in [0.29, 0.717) is 30.9 Å². The van der Waals surface area contributed by atoms with E-state index >= 15 is 0 Å². The molecule has 2 aromatic carbocycles. The fraction of sp³-hybridized carbons (Fsp3) is 0.348. The van der Waals surface area contributed by atoms with Crippen LogP contribution in [0.5, 0.6) is 0 Å². The Hall–Kier alpha value is -3.23. The maximum absolute atomic E-state index is 12.4. The Bertz CT molecular complexity index is 857. The lowest BCUT2D eigenvalue weighted by molar-refractivity contribution is -0.136. The number of amides is 3. The normalized spacial score (nSPS) is 10.5. The van der Waals surface area contributed by atoms with Crippen LogP contribution in [-0.2, 0) is 16.1 Å². The van der Waals surface area contributed by atoms with Crippen LogP contribution in [0.4, 0.5) is 5.69 Å². The van der Waals surface area contributed by atoms with Crippen molar-refractivity contribution < 1.29 is 14.4 Å². The number of hydrogen-bond acceptors (Lipinski definition) is 5. The highest BCUT2D eigenvalue weighted by Crippen LogP contribution is 2.11. The molecule has 0 aliphatic rings. The van der Waals surface area contributed by atoms with E-state index in [1.807, 2.05) is 37.4 Å². The Kier molecular flexibility index (Phi) is 10.2. The number of benzene rings is 2. The lowest BCUT2D eigenvalue weighted by Gasteiger charge is -2.15. The van der Waals surface area contributed by atoms with E-state index < -0.39 is 11.8 Å². The van der Waals surface area contributed by atoms with Crippen molar-refractivity contribution in [2.24, 2.45) is 5.73 Å². The van der Waals surface area contributed by atoms with Crippen LogP contribution in [0.25, 0.3) is 0 Å². The van der Waals surface area contributed by atoms with E-state index in [1.165, 1.54) is 6.07 Å². The molecule has 5 N–H and O–H groups in total. The van der Waals surface area contributed by atoms with Crippen LogP contribution in [0.1, 0.15) is 28.8 Å². The third kappa shape index (κ3) is 8.98. The van der Waals surface area contributed by atoms with Gasteiger partial charge in [-0.1, -0.05) is 36.4 Å². The monoisotopic (exact) mass is 425 g/mol. The average Bonchev–Trinajstić information content (AvgIpc) is 2.79. The number of nitrogens with zero attached hydrogens (tertiary/aromatic N) is 1. The number of hydrogen-bond donors (Lipinski definition) is 4. The molecule has 166 valence electrons. The van der Waals surface area contributed by atoms with Crippen LogP contribution in [0.3, 0.4) is 0 Å². The maximum Gasteiger partial charge on any atom is 0.313 e. The summed E-state index contributed by atoms with van der Waals surface area (Å²) >= 11 is 0. The van der Waals surface area contributed by atoms with Gasteiger partial charge in [0.05, 0.1) is 0 Å². The largest absolute Gasteiger partial charge is 0.348 e. The van der Waals surface area contributed by atoms with Crippen molar-refractivity contribution in [3.63, 3.8) is 0 Å². The number of anilines is 1. The minimum atomic E-state index is -0.765. The van der Waals surface area contributed by atoms with Crippen molar-refractivity contribution >= 4 is 23.4 Å². The van der Waals surface area contributed by atoms with Gasteiger partial charge in [-0.25, -0.2) is 0 Å². The first-order chi connectivity index (χ1) is 15.0. The standard InChI is InChI=1S/C23H31N5O3/c1-28(14-6-12-24)15-7-13-25-22(30)23(31)27-20-11-5-10-19(16-20)21(29)26-17-18-8-3-2-4-9-18/h2-5,8-11,16H,6-7,12-15,17,24H2,1H3,(H,25,30)(H,26,29)(H,27,31). The Morgan fingerprint density at radius 3 is 2.39 bits per heavy atom. The summed E-state index contributed by atoms with van der Waals surface area (Å²) in [5, 5.41) is 7.97. The molecule has 8 heteroatoms. The molecule has 0 aliphatic heterocycles. The van der Waals surface area contributed by atoms with Crippen molar-refractivity contribution in [1.29, 1.82) is 0 Å². The maximum atomic E-state index is 12.4. The Morgan fingerprint density at radius 1 is 0.903 bits per heavy atom. The van der Waals surface area contributed by atoms with Crippen molar-refractivity contribution in [3.05, 3.63) is 65.7 Å². The van der Waals surface area contributed by atoms with Gasteiger partial charge in [0.1, 0.15) is 0 Å². The fourth-order valence-electron chi connectivity index (χ4n) is 2.91. The van der Waals surface area contributed by atoms with Crippen LogP contribution in [-0.4, -0.2) is 55.8 Å². The molecule has 0 aliphatic carbocycles. The number of carbonyl (C=O) groups excluding carboxylic acids is 3. The molecule has 0 aromatic heterocycles. The first-order valence-corrected chi connectivity index (χ1v) is 10.4. The molecule has 3 amide bonds. The van der Waals surface area contributed by atoms with Gasteiger partial charge in [0.25, 0.3) is 5.91 Å². The molecule has 0 spiro atoms. The second-order valence-electron chi connectivity index (χ2n) is 7.26. The first-order valence-electron chi connectivity index (χ1n) is 10.4. The lowest BCUT2D eigenvalue weighted by atomic mass is 10.1. The molecule has 0 saturated carbocycles. The second-order valence-corrected chi connectivity index (χ2v) is 7.26. The molecule has 0 fully saturated rings. The van der Waals surface area contributed by atoms with Gasteiger partial charge in [0.15, 0.2) is 0 Å². The van der Waals surface area contributed by atoms with E-state index in [4.69, 9.17) is 5.73 Å². The highest BCUT2D eigenvalue weighted by molar-refractivity contribution is 6.39. The molecule has 0 saturated heterocycles. The Balaban J connectivity index is 1.77. The topological polar surface area (TPSA) is 117 Å². The Morgan fingerprint density at radius 2 is 1.65 bits per heavy atom. The molecule has 0 radical (unpaired) electrons. The minimum absolute atomic E-state index is 0.261. The van der Waals surface area contributed by atoms with E-state index in [9.17, 15) is 14.4 Å². The quantitative estimate of drug-likeness (QED) is 0.320. The summed E-state index contributed by atoms with van der Waals surface area (Å²) in [6.07, 6.45) is 1.66. The molecular weight excluding hydrogens is 394 g/mol. The van der Waals surface area contributed by atoms with Crippen LogP contribution in [0.15, 0.2) is 54.6 Å². The van der Waals surface area contributed by atoms with Crippen molar-refractivity contribution in [3.8, 4) is 0 Å². The van der Waals surface area contributed by atoms with E-state index in [-0.39, 0.29) is 5.91 Å². The van der Waals surface area contributed by atoms with Gasteiger partial charge in [0, 0.05) is 24.3 Å². The van der Waals surface area contributed by atoms with Crippen molar-refractivity contribution in [2.45, 2.75) is 19.4 Å². The average molecular weight is 426 g/mol. The van der Waals surface area contributed by atoms with Gasteiger partial charge in [-0.15, -0.1) is 0 Å². The SMILES string of the molecule is CN(CCCN)CCCNC(=O)C(=O)Nc1cccc(C(=O)NCc2ccccc2)c1. The summed E-state index contributed by atoms with van der Waals surface area (Å²) in [7, 11) is 1.99. The number of nitrogens with one attached hydrogen (secondary N) is 3. The van der Waals surface area contributed by atoms with E-state index in [2.05, 4.69) is 20.9 Å². The zero-order chi connectivity index (χ0) is 22.5. The summed E-state index contributed by atoms with van der Waals surface area (Å²) in [6.45, 7) is 3.17. The molecule has 31 heavy (non-hydrogen) atoms. The zero-order valence-corrected chi connectivity index (χ0v) is 17.9. The molecular formula is C23H31N5O3. The molecule has 2 rings (SSSR count). The highest BCUT2D eigenvalue weighted by atomic mass is 16.2. The molecule has 0 unspecified atom stereocenters. The van der Waals surface area contributed by atoms with Gasteiger partial charge < -0.3 is 26.6 Å². The lowest BCUT2D eigenvalue weighted by Crippen LogP contribution is -2.37. The molecule has 0 bridgehead atoms. The summed E-state index contributed by atoms with van der Waals surface area (Å²) < 4.78 is 0. The van der Waals surface area contributed by atoms with Crippen molar-refractivity contribution in [1.82, 2.24) is 15.5 Å². The number of nitrogens with two attached hydrogens (primary N) is 1. The predicted octanol–water partition coefficient (Wildman–Crippen LogP) is 1.34. The van der Waals surface area contributed by atoms with Crippen LogP contribution in [0, 0.1) is 0 Å². The summed E-state index contributed by atoms with van der Waals surface area (Å²) in [4.78, 5) is 38.6. The molecule has 8 nitrogen and oxygen atoms in total. The van der Waals surface area contributed by atoms with Gasteiger partial charge >= 0.3 is 11.8 Å². The number of carbonyl (C=O) groups is 3.